The van der Waals surface area contributed by atoms with Crippen molar-refractivity contribution >= 4 is 11.9 Å². The Morgan fingerprint density at radius 3 is 2.79 bits per heavy atom. The van der Waals surface area contributed by atoms with Crippen molar-refractivity contribution in [1.29, 1.82) is 0 Å². The molecule has 0 fully saturated rings. The van der Waals surface area contributed by atoms with Crippen LogP contribution in [0.1, 0.15) is 57.3 Å². The van der Waals surface area contributed by atoms with E-state index in [9.17, 15) is 19.8 Å². The molecule has 9 nitrogen and oxygen atoms in total. The molecule has 1 aliphatic carbocycles. The van der Waals surface area contributed by atoms with E-state index >= 15 is 0 Å². The number of aliphatic hydroxyl groups excluding tert-OH is 1. The van der Waals surface area contributed by atoms with Crippen molar-refractivity contribution < 1.29 is 24.3 Å². The number of amides is 1. The highest BCUT2D eigenvalue weighted by Crippen LogP contribution is 2.27. The van der Waals surface area contributed by atoms with Gasteiger partial charge in [0.1, 0.15) is 11.8 Å². The minimum absolute atomic E-state index is 0.107. The van der Waals surface area contributed by atoms with E-state index in [1.807, 2.05) is 0 Å². The third-order valence-corrected chi connectivity index (χ3v) is 4.83. The van der Waals surface area contributed by atoms with Crippen molar-refractivity contribution in [1.82, 2.24) is 20.8 Å². The van der Waals surface area contributed by atoms with E-state index in [4.69, 9.17) is 4.52 Å². The number of carboxylic acids is 1. The Labute approximate surface area is 162 Å². The van der Waals surface area contributed by atoms with Gasteiger partial charge in [-0.2, -0.15) is 4.98 Å². The quantitative estimate of drug-likeness (QED) is 0.582. The molecule has 3 rings (SSSR count). The normalized spacial score (nSPS) is 19.8. The second-order valence-corrected chi connectivity index (χ2v) is 7.60. The zero-order chi connectivity index (χ0) is 20.3. The lowest BCUT2D eigenvalue weighted by Gasteiger charge is -2.25. The smallest absolute Gasteiger partial charge is 0.333 e. The standard InChI is InChI=1S/C19H24N4O5/c1-19(2,18(27)21-13-6-4-3-5-12(13)17(25)26)9-15-22-16(23-28-15)14-8-7-11(24)10-20-14/h7-8,10,14,20,24H,3-6,9H2,1-2H3,(H,21,27)(H,25,26). The maximum Gasteiger partial charge on any atom is 0.333 e. The van der Waals surface area contributed by atoms with E-state index in [2.05, 4.69) is 20.8 Å². The van der Waals surface area contributed by atoms with E-state index in [1.54, 1.807) is 19.9 Å². The largest absolute Gasteiger partial charge is 0.506 e. The summed E-state index contributed by atoms with van der Waals surface area (Å²) < 4.78 is 5.28. The van der Waals surface area contributed by atoms with Crippen LogP contribution >= 0.6 is 0 Å². The number of aliphatic carboxylic acids is 1. The number of carbonyl (C=O) groups excluding carboxylic acids is 1. The molecule has 28 heavy (non-hydrogen) atoms. The van der Waals surface area contributed by atoms with Crippen LogP contribution in [-0.4, -0.2) is 32.2 Å². The lowest BCUT2D eigenvalue weighted by molar-refractivity contribution is -0.133. The third-order valence-electron chi connectivity index (χ3n) is 4.83. The second-order valence-electron chi connectivity index (χ2n) is 7.60. The number of rotatable bonds is 6. The average Bonchev–Trinajstić information content (AvgIpc) is 3.10. The van der Waals surface area contributed by atoms with Crippen LogP contribution in [0.4, 0.5) is 0 Å². The maximum atomic E-state index is 12.8. The van der Waals surface area contributed by atoms with Crippen LogP contribution in [-0.2, 0) is 16.0 Å². The Hall–Kier alpha value is -3.10. The van der Waals surface area contributed by atoms with Crippen LogP contribution in [0.15, 0.2) is 39.9 Å². The highest BCUT2D eigenvalue weighted by Gasteiger charge is 2.33. The van der Waals surface area contributed by atoms with E-state index in [1.165, 1.54) is 12.3 Å². The van der Waals surface area contributed by atoms with Crippen LogP contribution in [0.25, 0.3) is 0 Å². The van der Waals surface area contributed by atoms with Gasteiger partial charge in [0.15, 0.2) is 5.82 Å². The van der Waals surface area contributed by atoms with Gasteiger partial charge in [-0.05, 0) is 31.8 Å². The molecule has 1 amide bonds. The molecule has 0 spiro atoms. The van der Waals surface area contributed by atoms with Crippen LogP contribution in [0.2, 0.25) is 0 Å². The molecule has 0 saturated heterocycles. The minimum Gasteiger partial charge on any atom is -0.506 e. The highest BCUT2D eigenvalue weighted by atomic mass is 16.5. The molecule has 1 aliphatic heterocycles. The molecule has 0 radical (unpaired) electrons. The predicted octanol–water partition coefficient (Wildman–Crippen LogP) is 2.27. The van der Waals surface area contributed by atoms with Crippen LogP contribution < -0.4 is 10.6 Å². The van der Waals surface area contributed by atoms with Gasteiger partial charge in [0.25, 0.3) is 0 Å². The van der Waals surface area contributed by atoms with Crippen molar-refractivity contribution in [2.45, 2.75) is 52.0 Å². The monoisotopic (exact) mass is 388 g/mol. The predicted molar refractivity (Wildman–Crippen MR) is 98.8 cm³/mol. The first kappa shape index (κ1) is 19.7. The fourth-order valence-electron chi connectivity index (χ4n) is 3.14. The number of hydrogen-bond donors (Lipinski definition) is 4. The Balaban J connectivity index is 1.67. The van der Waals surface area contributed by atoms with Gasteiger partial charge in [-0.1, -0.05) is 25.1 Å². The van der Waals surface area contributed by atoms with Crippen molar-refractivity contribution in [3.8, 4) is 0 Å². The SMILES string of the molecule is CC(C)(Cc1nc(C2C=CC(O)=CN2)no1)C(=O)NC1=C(C(=O)O)CCCC1. The fraction of sp³-hybridized carbons (Fsp3) is 0.474. The zero-order valence-corrected chi connectivity index (χ0v) is 15.9. The number of allylic oxidation sites excluding steroid dienone is 2. The number of aliphatic hydroxyl groups is 1. The molecule has 150 valence electrons. The number of carboxylic acid groups (broad SMARTS) is 1. The van der Waals surface area contributed by atoms with Crippen molar-refractivity contribution in [3.05, 3.63) is 47.1 Å². The van der Waals surface area contributed by atoms with Gasteiger partial charge in [0, 0.05) is 18.3 Å². The number of nitrogens with zero attached hydrogens (tertiary/aromatic N) is 2. The Kier molecular flexibility index (Phi) is 5.53. The summed E-state index contributed by atoms with van der Waals surface area (Å²) >= 11 is 0. The number of hydrogen-bond acceptors (Lipinski definition) is 7. The fourth-order valence-corrected chi connectivity index (χ4v) is 3.14. The van der Waals surface area contributed by atoms with Gasteiger partial charge < -0.3 is 25.4 Å². The number of aromatic nitrogens is 2. The summed E-state index contributed by atoms with van der Waals surface area (Å²) in [6.45, 7) is 3.49. The lowest BCUT2D eigenvalue weighted by atomic mass is 9.87. The molecule has 4 N–H and O–H groups in total. The van der Waals surface area contributed by atoms with Gasteiger partial charge in [-0.15, -0.1) is 0 Å². The molecule has 1 aromatic rings. The Morgan fingerprint density at radius 1 is 1.36 bits per heavy atom. The lowest BCUT2D eigenvalue weighted by Crippen LogP contribution is -2.39. The highest BCUT2D eigenvalue weighted by molar-refractivity contribution is 5.90. The van der Waals surface area contributed by atoms with Crippen LogP contribution in [0.3, 0.4) is 0 Å². The minimum atomic E-state index is -0.984. The van der Waals surface area contributed by atoms with Gasteiger partial charge in [-0.3, -0.25) is 4.79 Å². The molecule has 9 heteroatoms. The summed E-state index contributed by atoms with van der Waals surface area (Å²) in [6.07, 6.45) is 7.56. The molecule has 0 saturated carbocycles. The molecular weight excluding hydrogens is 364 g/mol. The van der Waals surface area contributed by atoms with E-state index in [-0.39, 0.29) is 29.7 Å². The van der Waals surface area contributed by atoms with Gasteiger partial charge in [0.05, 0.1) is 11.0 Å². The topological polar surface area (TPSA) is 138 Å². The Morgan fingerprint density at radius 2 is 2.11 bits per heavy atom. The van der Waals surface area contributed by atoms with E-state index in [0.717, 1.165) is 12.8 Å². The summed E-state index contributed by atoms with van der Waals surface area (Å²) in [6, 6.07) is -0.323. The van der Waals surface area contributed by atoms with Gasteiger partial charge in [-0.25, -0.2) is 4.79 Å². The molecule has 1 atom stereocenters. The number of nitrogens with one attached hydrogen (secondary N) is 2. The molecular formula is C19H24N4O5. The van der Waals surface area contributed by atoms with Gasteiger partial charge >= 0.3 is 5.97 Å². The van der Waals surface area contributed by atoms with Crippen molar-refractivity contribution in [2.75, 3.05) is 0 Å². The summed E-state index contributed by atoms with van der Waals surface area (Å²) in [7, 11) is 0. The molecule has 1 aromatic heterocycles. The average molecular weight is 388 g/mol. The Bertz CT molecular complexity index is 865. The van der Waals surface area contributed by atoms with Crippen molar-refractivity contribution in [3.63, 3.8) is 0 Å². The summed E-state index contributed by atoms with van der Waals surface area (Å²) in [5, 5.41) is 28.3. The number of dihydropyridines is 1. The third kappa shape index (κ3) is 4.41. The van der Waals surface area contributed by atoms with Crippen molar-refractivity contribution in [2.24, 2.45) is 5.41 Å². The maximum absolute atomic E-state index is 12.8. The van der Waals surface area contributed by atoms with Crippen LogP contribution in [0.5, 0.6) is 0 Å². The molecule has 2 heterocycles. The van der Waals surface area contributed by atoms with Gasteiger partial charge in [0.2, 0.25) is 11.8 Å². The zero-order valence-electron chi connectivity index (χ0n) is 15.9. The van der Waals surface area contributed by atoms with E-state index < -0.39 is 11.4 Å². The summed E-state index contributed by atoms with van der Waals surface area (Å²) in [5.74, 6) is -0.459. The second kappa shape index (κ2) is 7.87. The molecule has 1 unspecified atom stereocenters. The van der Waals surface area contributed by atoms with Crippen LogP contribution in [0, 0.1) is 5.41 Å². The molecule has 2 aliphatic rings. The molecule has 0 bridgehead atoms. The first-order valence-electron chi connectivity index (χ1n) is 9.19. The first-order valence-corrected chi connectivity index (χ1v) is 9.19. The molecule has 0 aromatic carbocycles. The van der Waals surface area contributed by atoms with E-state index in [0.29, 0.717) is 30.3 Å². The summed E-state index contributed by atoms with van der Waals surface area (Å²) in [5.41, 5.74) is -0.0978. The first-order chi connectivity index (χ1) is 13.3. The number of carbonyl (C=O) groups is 2. The summed E-state index contributed by atoms with van der Waals surface area (Å²) in [4.78, 5) is 28.5.